The lowest BCUT2D eigenvalue weighted by Crippen LogP contribution is -2.27. The molecule has 0 N–H and O–H groups in total. The van der Waals surface area contributed by atoms with Gasteiger partial charge in [-0.25, -0.2) is 0 Å². The van der Waals surface area contributed by atoms with E-state index in [2.05, 4.69) is 15.9 Å². The van der Waals surface area contributed by atoms with Crippen LogP contribution in [0.25, 0.3) is 0 Å². The molecule has 4 nitrogen and oxygen atoms in total. The SMILES string of the molecule is O=C(CC1=C[C@H](c2ccccc2Br)C2=C(O1)C(=O)N(Cc1ccccc1)C2)c1ccccc1. The normalized spacial score (nSPS) is 17.5. The number of Topliss-reactive ketones (excluding diaryl/α,β-unsaturated/α-hetero) is 1. The number of benzene rings is 3. The van der Waals surface area contributed by atoms with Gasteiger partial charge in [-0.05, 0) is 23.3 Å². The Bertz CT molecular complexity index is 1260. The molecule has 3 aromatic carbocycles. The molecule has 0 bridgehead atoms. The third-order valence-corrected chi connectivity index (χ3v) is 6.70. The maximum Gasteiger partial charge on any atom is 0.290 e. The minimum Gasteiger partial charge on any atom is -0.456 e. The highest BCUT2D eigenvalue weighted by Gasteiger charge is 2.39. The summed E-state index contributed by atoms with van der Waals surface area (Å²) in [5.41, 5.74) is 3.67. The second-order valence-corrected chi connectivity index (χ2v) is 9.06. The number of hydrogen-bond acceptors (Lipinski definition) is 3. The zero-order valence-corrected chi connectivity index (χ0v) is 19.5. The smallest absolute Gasteiger partial charge is 0.290 e. The summed E-state index contributed by atoms with van der Waals surface area (Å²) in [6.07, 6.45) is 2.09. The third-order valence-electron chi connectivity index (χ3n) is 5.98. The second-order valence-electron chi connectivity index (χ2n) is 8.20. The van der Waals surface area contributed by atoms with Gasteiger partial charge in [0.25, 0.3) is 5.91 Å². The van der Waals surface area contributed by atoms with Crippen molar-refractivity contribution in [1.82, 2.24) is 4.90 Å². The van der Waals surface area contributed by atoms with Gasteiger partial charge in [0, 0.05) is 34.6 Å². The van der Waals surface area contributed by atoms with Crippen molar-refractivity contribution in [2.24, 2.45) is 0 Å². The monoisotopic (exact) mass is 499 g/mol. The van der Waals surface area contributed by atoms with Crippen molar-refractivity contribution < 1.29 is 14.3 Å². The zero-order valence-electron chi connectivity index (χ0n) is 17.9. The zero-order chi connectivity index (χ0) is 22.8. The molecule has 2 heterocycles. The van der Waals surface area contributed by atoms with Gasteiger partial charge in [0.05, 0.1) is 6.42 Å². The van der Waals surface area contributed by atoms with Crippen LogP contribution in [0.4, 0.5) is 0 Å². The van der Waals surface area contributed by atoms with E-state index in [0.29, 0.717) is 30.2 Å². The van der Waals surface area contributed by atoms with Crippen LogP contribution in [0.3, 0.4) is 0 Å². The van der Waals surface area contributed by atoms with Crippen molar-refractivity contribution in [3.05, 3.63) is 129 Å². The van der Waals surface area contributed by atoms with Gasteiger partial charge in [0.15, 0.2) is 11.5 Å². The fraction of sp³-hybridized carbons (Fsp3) is 0.143. The van der Waals surface area contributed by atoms with Crippen molar-refractivity contribution in [3.63, 3.8) is 0 Å². The first-order valence-corrected chi connectivity index (χ1v) is 11.7. The number of ether oxygens (including phenoxy) is 1. The Labute approximate surface area is 201 Å². The second kappa shape index (κ2) is 9.20. The van der Waals surface area contributed by atoms with Gasteiger partial charge >= 0.3 is 0 Å². The van der Waals surface area contributed by atoms with Gasteiger partial charge < -0.3 is 9.64 Å². The van der Waals surface area contributed by atoms with Crippen LogP contribution in [0, 0.1) is 0 Å². The number of ketones is 1. The van der Waals surface area contributed by atoms with E-state index in [1.807, 2.05) is 78.9 Å². The molecule has 0 unspecified atom stereocenters. The Hall–Kier alpha value is -3.44. The van der Waals surface area contributed by atoms with Crippen LogP contribution in [0.2, 0.25) is 0 Å². The first-order valence-electron chi connectivity index (χ1n) is 10.9. The molecule has 0 saturated heterocycles. The highest BCUT2D eigenvalue weighted by Crippen LogP contribution is 2.42. The van der Waals surface area contributed by atoms with Crippen molar-refractivity contribution >= 4 is 27.6 Å². The summed E-state index contributed by atoms with van der Waals surface area (Å²) in [5.74, 6) is 0.544. The summed E-state index contributed by atoms with van der Waals surface area (Å²) < 4.78 is 7.05. The molecule has 33 heavy (non-hydrogen) atoms. The van der Waals surface area contributed by atoms with Gasteiger partial charge in [-0.3, -0.25) is 9.59 Å². The van der Waals surface area contributed by atoms with E-state index in [0.717, 1.165) is 21.2 Å². The molecule has 164 valence electrons. The van der Waals surface area contributed by atoms with Crippen molar-refractivity contribution in [3.8, 4) is 0 Å². The van der Waals surface area contributed by atoms with Crippen LogP contribution in [0.15, 0.2) is 113 Å². The van der Waals surface area contributed by atoms with Gasteiger partial charge in [0.2, 0.25) is 0 Å². The van der Waals surface area contributed by atoms with Crippen LogP contribution in [0.1, 0.15) is 33.8 Å². The minimum absolute atomic E-state index is 0.0386. The molecule has 2 aliphatic heterocycles. The van der Waals surface area contributed by atoms with E-state index in [1.54, 1.807) is 17.0 Å². The minimum atomic E-state index is -0.146. The predicted octanol–water partition coefficient (Wildman–Crippen LogP) is 6.02. The largest absolute Gasteiger partial charge is 0.456 e. The fourth-order valence-corrected chi connectivity index (χ4v) is 4.88. The molecule has 0 saturated carbocycles. The Morgan fingerprint density at radius 3 is 2.33 bits per heavy atom. The number of carbonyl (C=O) groups is 2. The van der Waals surface area contributed by atoms with E-state index in [9.17, 15) is 9.59 Å². The molecule has 1 amide bonds. The highest BCUT2D eigenvalue weighted by atomic mass is 79.9. The Morgan fingerprint density at radius 2 is 1.61 bits per heavy atom. The summed E-state index contributed by atoms with van der Waals surface area (Å²) in [5, 5.41) is 0. The maximum absolute atomic E-state index is 13.3. The van der Waals surface area contributed by atoms with E-state index in [1.165, 1.54) is 0 Å². The molecular weight excluding hydrogens is 478 g/mol. The number of hydrogen-bond donors (Lipinski definition) is 0. The van der Waals surface area contributed by atoms with Crippen molar-refractivity contribution in [2.75, 3.05) is 6.54 Å². The lowest BCUT2D eigenvalue weighted by Gasteiger charge is -2.24. The first kappa shape index (κ1) is 21.4. The van der Waals surface area contributed by atoms with Crippen LogP contribution in [-0.4, -0.2) is 23.1 Å². The fourth-order valence-electron chi connectivity index (χ4n) is 4.35. The first-order chi connectivity index (χ1) is 16.1. The number of halogens is 1. The molecule has 5 rings (SSSR count). The molecule has 2 aliphatic rings. The van der Waals surface area contributed by atoms with Gasteiger partial charge in [-0.2, -0.15) is 0 Å². The van der Waals surface area contributed by atoms with Crippen LogP contribution < -0.4 is 0 Å². The lowest BCUT2D eigenvalue weighted by atomic mass is 9.88. The van der Waals surface area contributed by atoms with Crippen molar-refractivity contribution in [2.45, 2.75) is 18.9 Å². The summed E-state index contributed by atoms with van der Waals surface area (Å²) in [7, 11) is 0. The lowest BCUT2D eigenvalue weighted by molar-refractivity contribution is -0.128. The van der Waals surface area contributed by atoms with E-state index in [-0.39, 0.29) is 24.0 Å². The third kappa shape index (κ3) is 4.41. The maximum atomic E-state index is 13.3. The topological polar surface area (TPSA) is 46.6 Å². The standard InChI is InChI=1S/C28H22BrNO3/c29-25-14-8-7-13-22(25)23-15-21(16-26(31)20-11-5-2-6-12-20)33-27-24(23)18-30(28(27)32)17-19-9-3-1-4-10-19/h1-15,23H,16-18H2/t23-/m1/s1. The molecule has 3 aromatic rings. The highest BCUT2D eigenvalue weighted by molar-refractivity contribution is 9.10. The predicted molar refractivity (Wildman–Crippen MR) is 130 cm³/mol. The number of amides is 1. The summed E-state index contributed by atoms with van der Waals surface area (Å²) in [6.45, 7) is 1.00. The Balaban J connectivity index is 1.46. The van der Waals surface area contributed by atoms with Gasteiger partial charge in [-0.1, -0.05) is 94.8 Å². The Morgan fingerprint density at radius 1 is 0.939 bits per heavy atom. The van der Waals surface area contributed by atoms with Crippen LogP contribution in [0.5, 0.6) is 0 Å². The molecule has 0 radical (unpaired) electrons. The quantitative estimate of drug-likeness (QED) is 0.389. The average Bonchev–Trinajstić information content (AvgIpc) is 3.15. The number of carbonyl (C=O) groups excluding carboxylic acids is 2. The molecule has 0 fully saturated rings. The van der Waals surface area contributed by atoms with Crippen molar-refractivity contribution in [1.29, 1.82) is 0 Å². The number of allylic oxidation sites excluding steroid dienone is 2. The number of rotatable bonds is 6. The van der Waals surface area contributed by atoms with E-state index < -0.39 is 0 Å². The number of nitrogens with zero attached hydrogens (tertiary/aromatic N) is 1. The molecule has 0 aromatic heterocycles. The molecule has 0 aliphatic carbocycles. The summed E-state index contributed by atoms with van der Waals surface area (Å²) in [6, 6.07) is 27.1. The van der Waals surface area contributed by atoms with Crippen LogP contribution in [-0.2, 0) is 16.1 Å². The van der Waals surface area contributed by atoms with Gasteiger partial charge in [0.1, 0.15) is 5.76 Å². The molecule has 5 heteroatoms. The van der Waals surface area contributed by atoms with Crippen LogP contribution >= 0.6 is 15.9 Å². The molecular formula is C28H22BrNO3. The molecule has 1 atom stereocenters. The average molecular weight is 500 g/mol. The Kier molecular flexibility index (Phi) is 5.97. The summed E-state index contributed by atoms with van der Waals surface area (Å²) >= 11 is 3.66. The van der Waals surface area contributed by atoms with E-state index >= 15 is 0 Å². The summed E-state index contributed by atoms with van der Waals surface area (Å²) in [4.78, 5) is 28.0. The van der Waals surface area contributed by atoms with Gasteiger partial charge in [-0.15, -0.1) is 0 Å². The van der Waals surface area contributed by atoms with E-state index in [4.69, 9.17) is 4.74 Å². The molecule has 0 spiro atoms.